The van der Waals surface area contributed by atoms with Gasteiger partial charge in [0.15, 0.2) is 0 Å². The first-order chi connectivity index (χ1) is 11.4. The van der Waals surface area contributed by atoms with Crippen LogP contribution in [0.1, 0.15) is 13.8 Å². The number of allylic oxidation sites excluding steroid dienone is 5. The van der Waals surface area contributed by atoms with Crippen LogP contribution in [0.15, 0.2) is 69.3 Å². The minimum atomic E-state index is -3.85. The van der Waals surface area contributed by atoms with Gasteiger partial charge in [-0.05, 0) is 55.7 Å². The maximum atomic E-state index is 12.3. The fourth-order valence-corrected chi connectivity index (χ4v) is 3.46. The topological polar surface area (TPSA) is 72.8 Å². The summed E-state index contributed by atoms with van der Waals surface area (Å²) in [7, 11) is -3.85. The van der Waals surface area contributed by atoms with Crippen LogP contribution in [0.2, 0.25) is 5.02 Å². The van der Waals surface area contributed by atoms with E-state index < -0.39 is 10.0 Å². The van der Waals surface area contributed by atoms with Crippen molar-refractivity contribution in [3.63, 3.8) is 0 Å². The Morgan fingerprint density at radius 3 is 2.33 bits per heavy atom. The largest absolute Gasteiger partial charge is 0.860 e. The van der Waals surface area contributed by atoms with Crippen molar-refractivity contribution in [2.75, 3.05) is 13.1 Å². The van der Waals surface area contributed by atoms with E-state index in [1.165, 1.54) is 24.3 Å². The molecule has 0 unspecified atom stereocenters. The van der Waals surface area contributed by atoms with E-state index in [0.717, 1.165) is 0 Å². The van der Waals surface area contributed by atoms with Crippen molar-refractivity contribution in [1.29, 1.82) is 0 Å². The van der Waals surface area contributed by atoms with Gasteiger partial charge in [0.1, 0.15) is 0 Å². The van der Waals surface area contributed by atoms with Gasteiger partial charge < -0.3 is 10.0 Å². The van der Waals surface area contributed by atoms with Crippen molar-refractivity contribution in [2.45, 2.75) is 18.7 Å². The van der Waals surface area contributed by atoms with Crippen LogP contribution in [0.3, 0.4) is 0 Å². The van der Waals surface area contributed by atoms with Gasteiger partial charge >= 0.3 is 0 Å². The maximum Gasteiger partial charge on any atom is 0.282 e. The van der Waals surface area contributed by atoms with Crippen LogP contribution in [-0.2, 0) is 10.0 Å². The highest BCUT2D eigenvalue weighted by Crippen LogP contribution is 2.19. The predicted octanol–water partition coefficient (Wildman–Crippen LogP) is 2.51. The third-order valence-electron chi connectivity index (χ3n) is 3.48. The Bertz CT molecular complexity index is 817. The highest BCUT2D eigenvalue weighted by molar-refractivity contribution is 7.90. The summed E-state index contributed by atoms with van der Waals surface area (Å²) in [4.78, 5) is 1.72. The lowest BCUT2D eigenvalue weighted by Crippen LogP contribution is -2.31. The van der Waals surface area contributed by atoms with Gasteiger partial charge in [-0.25, -0.2) is 0 Å². The molecule has 1 aromatic carbocycles. The van der Waals surface area contributed by atoms with Crippen molar-refractivity contribution >= 4 is 27.3 Å². The summed E-state index contributed by atoms with van der Waals surface area (Å²) in [6.07, 6.45) is 6.18. The van der Waals surface area contributed by atoms with E-state index in [2.05, 4.69) is 4.40 Å². The summed E-state index contributed by atoms with van der Waals surface area (Å²) in [5, 5.41) is 12.6. The molecular weight excluding hydrogens is 348 g/mol. The van der Waals surface area contributed by atoms with E-state index in [4.69, 9.17) is 11.6 Å². The zero-order chi connectivity index (χ0) is 17.7. The molecule has 1 aliphatic rings. The Balaban J connectivity index is 2.28. The first-order valence-electron chi connectivity index (χ1n) is 7.50. The van der Waals surface area contributed by atoms with Crippen molar-refractivity contribution < 1.29 is 13.5 Å². The van der Waals surface area contributed by atoms with Crippen LogP contribution in [-0.4, -0.2) is 32.1 Å². The Hall–Kier alpha value is -2.05. The quantitative estimate of drug-likeness (QED) is 0.751. The van der Waals surface area contributed by atoms with Gasteiger partial charge in [-0.15, -0.1) is 0 Å². The van der Waals surface area contributed by atoms with Crippen LogP contribution in [0, 0.1) is 0 Å². The number of hydrogen-bond acceptors (Lipinski definition) is 4. The van der Waals surface area contributed by atoms with Crippen LogP contribution >= 0.6 is 11.6 Å². The molecule has 0 N–H and O–H groups in total. The molecule has 5 nitrogen and oxygen atoms in total. The second-order valence-electron chi connectivity index (χ2n) is 5.05. The molecule has 1 aromatic rings. The van der Waals surface area contributed by atoms with Gasteiger partial charge in [-0.1, -0.05) is 29.8 Å². The first-order valence-corrected chi connectivity index (χ1v) is 9.32. The second-order valence-corrected chi connectivity index (χ2v) is 7.09. The van der Waals surface area contributed by atoms with Gasteiger partial charge in [-0.3, -0.25) is 0 Å². The van der Waals surface area contributed by atoms with Crippen LogP contribution in [0.25, 0.3) is 0 Å². The lowest BCUT2D eigenvalue weighted by atomic mass is 10.1. The molecule has 128 valence electrons. The average Bonchev–Trinajstić information content (AvgIpc) is 2.56. The number of sulfonamides is 1. The van der Waals surface area contributed by atoms with E-state index >= 15 is 0 Å². The Kier molecular flexibility index (Phi) is 5.85. The summed E-state index contributed by atoms with van der Waals surface area (Å²) in [5.41, 5.74) is 0.754. The van der Waals surface area contributed by atoms with Gasteiger partial charge in [0.2, 0.25) is 0 Å². The lowest BCUT2D eigenvalue weighted by Gasteiger charge is -2.30. The van der Waals surface area contributed by atoms with E-state index in [0.29, 0.717) is 23.7 Å². The predicted molar refractivity (Wildman–Crippen MR) is 94.3 cm³/mol. The molecule has 0 saturated heterocycles. The summed E-state index contributed by atoms with van der Waals surface area (Å²) in [6, 6.07) is 5.92. The molecule has 0 heterocycles. The first kappa shape index (κ1) is 18.3. The van der Waals surface area contributed by atoms with Crippen molar-refractivity contribution in [3.8, 4) is 0 Å². The third kappa shape index (κ3) is 4.27. The number of rotatable bonds is 5. The molecule has 0 saturated carbocycles. The summed E-state index contributed by atoms with van der Waals surface area (Å²) < 4.78 is 28.3. The maximum absolute atomic E-state index is 12.3. The molecule has 0 bridgehead atoms. The number of nitrogens with zero attached hydrogens (tertiary/aromatic N) is 2. The van der Waals surface area contributed by atoms with Gasteiger partial charge in [0.05, 0.1) is 10.6 Å². The molecule has 0 aromatic heterocycles. The molecule has 0 amide bonds. The van der Waals surface area contributed by atoms with Gasteiger partial charge in [0.25, 0.3) is 10.0 Å². The highest BCUT2D eigenvalue weighted by Gasteiger charge is 2.14. The Labute approximate surface area is 147 Å². The molecule has 7 heteroatoms. The van der Waals surface area contributed by atoms with E-state index in [1.54, 1.807) is 29.2 Å². The average molecular weight is 366 g/mol. The summed E-state index contributed by atoms with van der Waals surface area (Å²) in [6.45, 7) is 5.04. The number of benzene rings is 1. The molecule has 24 heavy (non-hydrogen) atoms. The molecule has 0 fully saturated rings. The standard InChI is InChI=1S/C17H19ClN2O3S/c1-3-20(4-2)17(21)13-8-10-15(11-9-13)19-24(22,23)16-7-5-6-14(18)12-16/h5-12,21H,3-4H2,1-2H3/p-1. The fourth-order valence-electron chi connectivity index (χ4n) is 2.18. The third-order valence-corrected chi connectivity index (χ3v) is 5.02. The minimum absolute atomic E-state index is 0.0262. The molecule has 0 atom stereocenters. The van der Waals surface area contributed by atoms with Crippen LogP contribution in [0.5, 0.6) is 0 Å². The molecule has 0 spiro atoms. The smallest absolute Gasteiger partial charge is 0.282 e. The van der Waals surface area contributed by atoms with Crippen molar-refractivity contribution in [3.05, 3.63) is 65.0 Å². The normalized spacial score (nSPS) is 14.0. The minimum Gasteiger partial charge on any atom is -0.860 e. The Morgan fingerprint density at radius 1 is 1.17 bits per heavy atom. The number of halogens is 1. The summed E-state index contributed by atoms with van der Waals surface area (Å²) >= 11 is 5.82. The highest BCUT2D eigenvalue weighted by atomic mass is 35.5. The fraction of sp³-hybridized carbons (Fsp3) is 0.235. The molecule has 0 aliphatic heterocycles. The summed E-state index contributed by atoms with van der Waals surface area (Å²) in [5.74, 6) is -0.0933. The van der Waals surface area contributed by atoms with Crippen LogP contribution < -0.4 is 5.11 Å². The Morgan fingerprint density at radius 2 is 1.79 bits per heavy atom. The molecule has 2 rings (SSSR count). The molecule has 1 aliphatic carbocycles. The van der Waals surface area contributed by atoms with E-state index in [1.807, 2.05) is 13.8 Å². The molecular formula is C17H18ClN2O3S-. The number of hydrogen-bond donors (Lipinski definition) is 0. The molecule has 0 radical (unpaired) electrons. The SMILES string of the molecule is CCN(CC)C([O-])=C1C=CC(=NS(=O)(=O)c2cccc(Cl)c2)C=C1. The zero-order valence-electron chi connectivity index (χ0n) is 13.4. The lowest BCUT2D eigenvalue weighted by molar-refractivity contribution is -0.333. The monoisotopic (exact) mass is 365 g/mol. The van der Waals surface area contributed by atoms with Gasteiger partial charge in [0, 0.05) is 18.1 Å². The zero-order valence-corrected chi connectivity index (χ0v) is 15.0. The van der Waals surface area contributed by atoms with E-state index in [9.17, 15) is 13.5 Å². The van der Waals surface area contributed by atoms with Crippen LogP contribution in [0.4, 0.5) is 0 Å². The van der Waals surface area contributed by atoms with Crippen molar-refractivity contribution in [1.82, 2.24) is 4.90 Å². The van der Waals surface area contributed by atoms with Crippen molar-refractivity contribution in [2.24, 2.45) is 4.40 Å². The van der Waals surface area contributed by atoms with Gasteiger partial charge in [-0.2, -0.15) is 12.8 Å². The second kappa shape index (κ2) is 7.68. The van der Waals surface area contributed by atoms with E-state index in [-0.39, 0.29) is 16.5 Å².